The largest absolute Gasteiger partial charge is 0.357 e. The Morgan fingerprint density at radius 2 is 2.11 bits per heavy atom. The molecule has 2 aromatic carbocycles. The zero-order chi connectivity index (χ0) is 19.9. The highest BCUT2D eigenvalue weighted by atomic mass is 19.1. The Labute approximate surface area is 164 Å². The second kappa shape index (κ2) is 9.12. The standard InChI is InChI=1S/C21H25FN6/c1-4-23-21(27-15(3)17-9-8-14(2)19(22)11-17)24-12-16-6-5-7-18(10-16)20-25-13-26-28-20/h5-11,13,15H,4,12H2,1-3H3,(H2,23,24,27)(H,25,26,28). The second-order valence-electron chi connectivity index (χ2n) is 6.60. The second-order valence-corrected chi connectivity index (χ2v) is 6.60. The average molecular weight is 380 g/mol. The van der Waals surface area contributed by atoms with Crippen LogP contribution in [-0.4, -0.2) is 27.7 Å². The Balaban J connectivity index is 1.72. The number of nitrogens with one attached hydrogen (secondary N) is 3. The normalized spacial score (nSPS) is 12.6. The van der Waals surface area contributed by atoms with E-state index in [0.717, 1.165) is 29.1 Å². The molecule has 146 valence electrons. The van der Waals surface area contributed by atoms with Crippen LogP contribution in [0.25, 0.3) is 11.4 Å². The Kier molecular flexibility index (Phi) is 6.37. The molecule has 3 aromatic rings. The lowest BCUT2D eigenvalue weighted by atomic mass is 10.1. The van der Waals surface area contributed by atoms with Crippen LogP contribution < -0.4 is 10.6 Å². The minimum atomic E-state index is -0.197. The molecule has 0 aliphatic heterocycles. The van der Waals surface area contributed by atoms with Crippen molar-refractivity contribution in [2.45, 2.75) is 33.4 Å². The molecule has 0 bridgehead atoms. The van der Waals surface area contributed by atoms with Gasteiger partial charge in [-0.25, -0.2) is 14.4 Å². The number of aryl methyl sites for hydroxylation is 1. The Hall–Kier alpha value is -3.22. The molecule has 0 amide bonds. The molecular weight excluding hydrogens is 355 g/mol. The summed E-state index contributed by atoms with van der Waals surface area (Å²) < 4.78 is 13.9. The summed E-state index contributed by atoms with van der Waals surface area (Å²) in [6, 6.07) is 13.2. The zero-order valence-corrected chi connectivity index (χ0v) is 16.3. The topological polar surface area (TPSA) is 78.0 Å². The summed E-state index contributed by atoms with van der Waals surface area (Å²) in [5.41, 5.74) is 3.54. The van der Waals surface area contributed by atoms with Crippen LogP contribution in [0.5, 0.6) is 0 Å². The lowest BCUT2D eigenvalue weighted by molar-refractivity contribution is 0.607. The molecule has 1 atom stereocenters. The van der Waals surface area contributed by atoms with Gasteiger partial charge in [0, 0.05) is 12.1 Å². The van der Waals surface area contributed by atoms with Crippen LogP contribution in [0.2, 0.25) is 0 Å². The summed E-state index contributed by atoms with van der Waals surface area (Å²) in [4.78, 5) is 8.85. The molecule has 0 saturated carbocycles. The van der Waals surface area contributed by atoms with Gasteiger partial charge in [-0.1, -0.05) is 30.3 Å². The van der Waals surface area contributed by atoms with E-state index in [4.69, 9.17) is 0 Å². The molecule has 1 aromatic heterocycles. The predicted octanol–water partition coefficient (Wildman–Crippen LogP) is 3.74. The van der Waals surface area contributed by atoms with Crippen molar-refractivity contribution in [1.82, 2.24) is 25.8 Å². The Morgan fingerprint density at radius 1 is 1.25 bits per heavy atom. The van der Waals surface area contributed by atoms with Crippen LogP contribution in [0.3, 0.4) is 0 Å². The number of aromatic nitrogens is 3. The average Bonchev–Trinajstić information content (AvgIpc) is 3.23. The molecule has 0 saturated heterocycles. The van der Waals surface area contributed by atoms with E-state index in [9.17, 15) is 4.39 Å². The van der Waals surface area contributed by atoms with Crippen LogP contribution in [0.15, 0.2) is 53.8 Å². The van der Waals surface area contributed by atoms with Crippen molar-refractivity contribution in [3.63, 3.8) is 0 Å². The number of hydrogen-bond acceptors (Lipinski definition) is 3. The number of nitrogens with zero attached hydrogens (tertiary/aromatic N) is 3. The van der Waals surface area contributed by atoms with E-state index in [1.165, 1.54) is 6.33 Å². The van der Waals surface area contributed by atoms with Gasteiger partial charge in [-0.3, -0.25) is 5.10 Å². The fraction of sp³-hybridized carbons (Fsp3) is 0.286. The van der Waals surface area contributed by atoms with Gasteiger partial charge in [-0.2, -0.15) is 5.10 Å². The summed E-state index contributed by atoms with van der Waals surface area (Å²) in [6.45, 7) is 7.00. The number of halogens is 1. The van der Waals surface area contributed by atoms with Gasteiger partial charge < -0.3 is 10.6 Å². The molecule has 1 unspecified atom stereocenters. The Morgan fingerprint density at radius 3 is 2.82 bits per heavy atom. The van der Waals surface area contributed by atoms with Crippen LogP contribution >= 0.6 is 0 Å². The summed E-state index contributed by atoms with van der Waals surface area (Å²) in [6.07, 6.45) is 1.49. The summed E-state index contributed by atoms with van der Waals surface area (Å²) in [7, 11) is 0. The van der Waals surface area contributed by atoms with Gasteiger partial charge >= 0.3 is 0 Å². The van der Waals surface area contributed by atoms with E-state index >= 15 is 0 Å². The molecule has 28 heavy (non-hydrogen) atoms. The van der Waals surface area contributed by atoms with Gasteiger partial charge in [0.1, 0.15) is 12.1 Å². The first kappa shape index (κ1) is 19.5. The zero-order valence-electron chi connectivity index (χ0n) is 16.3. The number of guanidine groups is 1. The van der Waals surface area contributed by atoms with Crippen molar-refractivity contribution < 1.29 is 4.39 Å². The van der Waals surface area contributed by atoms with E-state index in [1.807, 2.05) is 44.2 Å². The van der Waals surface area contributed by atoms with E-state index in [2.05, 4.69) is 30.8 Å². The maximum Gasteiger partial charge on any atom is 0.192 e. The van der Waals surface area contributed by atoms with Gasteiger partial charge in [0.25, 0.3) is 0 Å². The third-order valence-electron chi connectivity index (χ3n) is 4.43. The minimum absolute atomic E-state index is 0.0755. The molecule has 3 rings (SSSR count). The van der Waals surface area contributed by atoms with Crippen molar-refractivity contribution >= 4 is 5.96 Å². The summed E-state index contributed by atoms with van der Waals surface area (Å²) in [5.74, 6) is 1.21. The van der Waals surface area contributed by atoms with E-state index in [-0.39, 0.29) is 11.9 Å². The highest BCUT2D eigenvalue weighted by Crippen LogP contribution is 2.17. The number of aromatic amines is 1. The third kappa shape index (κ3) is 4.94. The van der Waals surface area contributed by atoms with Crippen LogP contribution in [0, 0.1) is 12.7 Å². The first-order valence-corrected chi connectivity index (χ1v) is 9.32. The van der Waals surface area contributed by atoms with Gasteiger partial charge in [0.2, 0.25) is 0 Å². The maximum atomic E-state index is 13.9. The molecule has 0 aliphatic carbocycles. The predicted molar refractivity (Wildman–Crippen MR) is 109 cm³/mol. The maximum absolute atomic E-state index is 13.9. The van der Waals surface area contributed by atoms with Gasteiger partial charge in [-0.15, -0.1) is 0 Å². The number of H-pyrrole nitrogens is 1. The smallest absolute Gasteiger partial charge is 0.192 e. The van der Waals surface area contributed by atoms with Crippen molar-refractivity contribution in [3.8, 4) is 11.4 Å². The molecule has 1 heterocycles. The van der Waals surface area contributed by atoms with Gasteiger partial charge in [0.05, 0.1) is 12.6 Å². The highest BCUT2D eigenvalue weighted by molar-refractivity contribution is 5.80. The van der Waals surface area contributed by atoms with Crippen molar-refractivity contribution in [2.24, 2.45) is 4.99 Å². The van der Waals surface area contributed by atoms with Crippen LogP contribution in [0.4, 0.5) is 4.39 Å². The fourth-order valence-corrected chi connectivity index (χ4v) is 2.82. The number of rotatable bonds is 6. The molecule has 0 aliphatic rings. The molecule has 0 fully saturated rings. The number of benzene rings is 2. The lowest BCUT2D eigenvalue weighted by Crippen LogP contribution is -2.38. The molecule has 7 heteroatoms. The van der Waals surface area contributed by atoms with Gasteiger partial charge in [0.15, 0.2) is 11.8 Å². The Bertz CT molecular complexity index is 936. The van der Waals surface area contributed by atoms with Crippen molar-refractivity contribution in [2.75, 3.05) is 6.54 Å². The number of aliphatic imine (C=N–C) groups is 1. The highest BCUT2D eigenvalue weighted by Gasteiger charge is 2.10. The van der Waals surface area contributed by atoms with Crippen LogP contribution in [0.1, 0.15) is 36.6 Å². The SMILES string of the molecule is CCNC(=NCc1cccc(-c2ncn[nH]2)c1)NC(C)c1ccc(C)c(F)c1. The first-order chi connectivity index (χ1) is 13.6. The van der Waals surface area contributed by atoms with E-state index in [0.29, 0.717) is 18.1 Å². The monoisotopic (exact) mass is 380 g/mol. The lowest BCUT2D eigenvalue weighted by Gasteiger charge is -2.18. The molecule has 3 N–H and O–H groups in total. The van der Waals surface area contributed by atoms with Crippen LogP contribution in [-0.2, 0) is 6.54 Å². The quantitative estimate of drug-likeness (QED) is 0.450. The van der Waals surface area contributed by atoms with E-state index < -0.39 is 0 Å². The molecule has 0 spiro atoms. The minimum Gasteiger partial charge on any atom is -0.357 e. The summed E-state index contributed by atoms with van der Waals surface area (Å²) >= 11 is 0. The van der Waals surface area contributed by atoms with E-state index in [1.54, 1.807) is 19.1 Å². The third-order valence-corrected chi connectivity index (χ3v) is 4.43. The van der Waals surface area contributed by atoms with Crippen molar-refractivity contribution in [1.29, 1.82) is 0 Å². The number of hydrogen-bond donors (Lipinski definition) is 3. The molecule has 6 nitrogen and oxygen atoms in total. The molecule has 0 radical (unpaired) electrons. The molecular formula is C21H25FN6. The fourth-order valence-electron chi connectivity index (χ4n) is 2.82. The first-order valence-electron chi connectivity index (χ1n) is 9.32. The summed E-state index contributed by atoms with van der Waals surface area (Å²) in [5, 5.41) is 13.3. The van der Waals surface area contributed by atoms with Gasteiger partial charge in [-0.05, 0) is 49.6 Å². The van der Waals surface area contributed by atoms with Crippen molar-refractivity contribution in [3.05, 3.63) is 71.3 Å².